The first-order valence-electron chi connectivity index (χ1n) is 3.15. The van der Waals surface area contributed by atoms with Crippen molar-refractivity contribution in [3.05, 3.63) is 12.7 Å². The van der Waals surface area contributed by atoms with E-state index in [4.69, 9.17) is 9.88 Å². The molecule has 5 heteroatoms. The number of hydrogen-bond donors (Lipinski definition) is 1. The lowest BCUT2D eigenvalue weighted by molar-refractivity contribution is 0.139. The van der Waals surface area contributed by atoms with Gasteiger partial charge in [0.1, 0.15) is 0 Å². The maximum absolute atomic E-state index is 10.5. The Morgan fingerprint density at radius 2 is 2.27 bits per heavy atom. The minimum Gasteiger partial charge on any atom is -0.377 e. The average molecular weight is 179 g/mol. The van der Waals surface area contributed by atoms with Gasteiger partial charge >= 0.3 is 0 Å². The molecule has 0 radical (unpaired) electrons. The average Bonchev–Trinajstić information content (AvgIpc) is 1.88. The van der Waals surface area contributed by atoms with Gasteiger partial charge in [-0.2, -0.15) is 0 Å². The first-order valence-corrected chi connectivity index (χ1v) is 4.87. The van der Waals surface area contributed by atoms with Crippen molar-refractivity contribution in [1.82, 2.24) is 0 Å². The molecule has 0 spiro atoms. The fraction of sp³-hybridized carbons (Fsp3) is 0.667. The molecule has 4 nitrogen and oxygen atoms in total. The van der Waals surface area contributed by atoms with Crippen molar-refractivity contribution >= 4 is 10.0 Å². The molecule has 0 unspecified atom stereocenters. The Kier molecular flexibility index (Phi) is 4.32. The van der Waals surface area contributed by atoms with Gasteiger partial charge in [-0.15, -0.1) is 6.58 Å². The standard InChI is InChI=1S/C6H13NO3S/c1-3-6(10-2)4-5-11(7,8)9/h3,6H,1,4-5H2,2H3,(H2,7,8,9)/t6-/m1/s1. The second-order valence-corrected chi connectivity index (χ2v) is 3.90. The molecule has 2 N–H and O–H groups in total. The molecule has 0 saturated carbocycles. The maximum atomic E-state index is 10.5. The molecule has 0 saturated heterocycles. The highest BCUT2D eigenvalue weighted by molar-refractivity contribution is 7.89. The van der Waals surface area contributed by atoms with Gasteiger partial charge in [0.15, 0.2) is 0 Å². The number of methoxy groups -OCH3 is 1. The van der Waals surface area contributed by atoms with E-state index in [1.807, 2.05) is 0 Å². The Morgan fingerprint density at radius 3 is 2.55 bits per heavy atom. The van der Waals surface area contributed by atoms with Crippen molar-refractivity contribution in [2.75, 3.05) is 12.9 Å². The number of primary sulfonamides is 1. The summed E-state index contributed by atoms with van der Waals surface area (Å²) >= 11 is 0. The lowest BCUT2D eigenvalue weighted by atomic mass is 10.3. The van der Waals surface area contributed by atoms with Crippen LogP contribution in [0.15, 0.2) is 12.7 Å². The van der Waals surface area contributed by atoms with Crippen LogP contribution in [-0.2, 0) is 14.8 Å². The van der Waals surface area contributed by atoms with Crippen molar-refractivity contribution in [2.45, 2.75) is 12.5 Å². The predicted molar refractivity (Wildman–Crippen MR) is 43.6 cm³/mol. The Bertz CT molecular complexity index is 210. The zero-order chi connectivity index (χ0) is 8.91. The minimum atomic E-state index is -3.37. The van der Waals surface area contributed by atoms with E-state index in [1.54, 1.807) is 6.08 Å². The molecule has 0 aliphatic rings. The molecule has 11 heavy (non-hydrogen) atoms. The molecule has 0 amide bonds. The van der Waals surface area contributed by atoms with E-state index in [-0.39, 0.29) is 11.9 Å². The number of rotatable bonds is 5. The Morgan fingerprint density at radius 1 is 1.73 bits per heavy atom. The van der Waals surface area contributed by atoms with Gasteiger partial charge in [0, 0.05) is 7.11 Å². The van der Waals surface area contributed by atoms with Crippen LogP contribution in [0, 0.1) is 0 Å². The van der Waals surface area contributed by atoms with Crippen LogP contribution in [-0.4, -0.2) is 27.4 Å². The summed E-state index contributed by atoms with van der Waals surface area (Å²) in [5.74, 6) is -0.0719. The summed E-state index contributed by atoms with van der Waals surface area (Å²) in [5.41, 5.74) is 0. The van der Waals surface area contributed by atoms with Crippen LogP contribution in [0.25, 0.3) is 0 Å². The smallest absolute Gasteiger partial charge is 0.209 e. The largest absolute Gasteiger partial charge is 0.377 e. The van der Waals surface area contributed by atoms with E-state index in [1.165, 1.54) is 7.11 Å². The molecule has 0 bridgehead atoms. The fourth-order valence-electron chi connectivity index (χ4n) is 0.612. The van der Waals surface area contributed by atoms with Crippen molar-refractivity contribution in [1.29, 1.82) is 0 Å². The Balaban J connectivity index is 3.78. The third-order valence-corrected chi connectivity index (χ3v) is 2.06. The van der Waals surface area contributed by atoms with Crippen LogP contribution in [0.4, 0.5) is 0 Å². The molecule has 66 valence electrons. The van der Waals surface area contributed by atoms with Gasteiger partial charge in [-0.3, -0.25) is 0 Å². The van der Waals surface area contributed by atoms with Gasteiger partial charge < -0.3 is 4.74 Å². The van der Waals surface area contributed by atoms with E-state index >= 15 is 0 Å². The Labute approximate surface area is 67.1 Å². The molecule has 0 aromatic carbocycles. The van der Waals surface area contributed by atoms with Crippen LogP contribution in [0.3, 0.4) is 0 Å². The highest BCUT2D eigenvalue weighted by atomic mass is 32.2. The SMILES string of the molecule is C=C[C@H](CCS(N)(=O)=O)OC. The second kappa shape index (κ2) is 4.48. The van der Waals surface area contributed by atoms with E-state index in [0.29, 0.717) is 6.42 Å². The van der Waals surface area contributed by atoms with E-state index in [2.05, 4.69) is 6.58 Å². The van der Waals surface area contributed by atoms with Crippen molar-refractivity contribution in [2.24, 2.45) is 5.14 Å². The van der Waals surface area contributed by atoms with E-state index in [0.717, 1.165) is 0 Å². The predicted octanol–water partition coefficient (Wildman–Crippen LogP) is -0.134. The zero-order valence-corrected chi connectivity index (χ0v) is 7.30. The summed E-state index contributed by atoms with van der Waals surface area (Å²) in [6, 6.07) is 0. The summed E-state index contributed by atoms with van der Waals surface area (Å²) in [7, 11) is -1.87. The van der Waals surface area contributed by atoms with Crippen LogP contribution in [0.1, 0.15) is 6.42 Å². The molecule has 0 aromatic rings. The monoisotopic (exact) mass is 179 g/mol. The first-order chi connectivity index (χ1) is 4.99. The molecule has 0 aromatic heterocycles. The summed E-state index contributed by atoms with van der Waals surface area (Å²) < 4.78 is 25.8. The van der Waals surface area contributed by atoms with Gasteiger partial charge in [-0.1, -0.05) is 6.08 Å². The van der Waals surface area contributed by atoms with Gasteiger partial charge in [0.25, 0.3) is 0 Å². The van der Waals surface area contributed by atoms with Crippen molar-refractivity contribution in [3.8, 4) is 0 Å². The van der Waals surface area contributed by atoms with Gasteiger partial charge in [-0.05, 0) is 6.42 Å². The normalized spacial score (nSPS) is 14.4. The van der Waals surface area contributed by atoms with Gasteiger partial charge in [0.2, 0.25) is 10.0 Å². The summed E-state index contributed by atoms with van der Waals surface area (Å²) in [6.07, 6.45) is 1.68. The third-order valence-electron chi connectivity index (χ3n) is 1.25. The number of nitrogens with two attached hydrogens (primary N) is 1. The molecule has 0 fully saturated rings. The lowest BCUT2D eigenvalue weighted by Crippen LogP contribution is -2.20. The highest BCUT2D eigenvalue weighted by Crippen LogP contribution is 1.98. The van der Waals surface area contributed by atoms with Crippen molar-refractivity contribution < 1.29 is 13.2 Å². The Hall–Kier alpha value is -0.390. The quantitative estimate of drug-likeness (QED) is 0.597. The van der Waals surface area contributed by atoms with Crippen molar-refractivity contribution in [3.63, 3.8) is 0 Å². The fourth-order valence-corrected chi connectivity index (χ4v) is 1.17. The number of sulfonamides is 1. The van der Waals surface area contributed by atoms with Crippen LogP contribution < -0.4 is 5.14 Å². The molecular formula is C6H13NO3S. The lowest BCUT2D eigenvalue weighted by Gasteiger charge is -2.07. The molecule has 0 heterocycles. The molecule has 0 aliphatic heterocycles. The molecular weight excluding hydrogens is 166 g/mol. The number of ether oxygens (including phenoxy) is 1. The summed E-state index contributed by atoms with van der Waals surface area (Å²) in [4.78, 5) is 0. The van der Waals surface area contributed by atoms with Crippen LogP contribution >= 0.6 is 0 Å². The zero-order valence-electron chi connectivity index (χ0n) is 6.49. The molecule has 1 atom stereocenters. The highest BCUT2D eigenvalue weighted by Gasteiger charge is 2.07. The van der Waals surface area contributed by atoms with E-state index < -0.39 is 10.0 Å². The van der Waals surface area contributed by atoms with Crippen LogP contribution in [0.2, 0.25) is 0 Å². The van der Waals surface area contributed by atoms with E-state index in [9.17, 15) is 8.42 Å². The molecule has 0 rings (SSSR count). The minimum absolute atomic E-state index is 0.0719. The molecule has 0 aliphatic carbocycles. The summed E-state index contributed by atoms with van der Waals surface area (Å²) in [6.45, 7) is 3.47. The van der Waals surface area contributed by atoms with Gasteiger partial charge in [0.05, 0.1) is 11.9 Å². The summed E-state index contributed by atoms with van der Waals surface area (Å²) in [5, 5.41) is 4.78. The third kappa shape index (κ3) is 6.03. The first kappa shape index (κ1) is 10.6. The van der Waals surface area contributed by atoms with Gasteiger partial charge in [-0.25, -0.2) is 13.6 Å². The number of hydrogen-bond acceptors (Lipinski definition) is 3. The topological polar surface area (TPSA) is 69.4 Å². The second-order valence-electron chi connectivity index (χ2n) is 2.17. The van der Waals surface area contributed by atoms with Crippen LogP contribution in [0.5, 0.6) is 0 Å². The maximum Gasteiger partial charge on any atom is 0.209 e.